The SMILES string of the molecule is CCCNCC(CCC)OC1CCN(C)CC1. The molecule has 1 aliphatic rings. The van der Waals surface area contributed by atoms with E-state index in [1.165, 1.54) is 45.2 Å². The van der Waals surface area contributed by atoms with Crippen molar-refractivity contribution in [1.29, 1.82) is 0 Å². The van der Waals surface area contributed by atoms with Gasteiger partial charge in [0.1, 0.15) is 0 Å². The van der Waals surface area contributed by atoms with Gasteiger partial charge < -0.3 is 15.0 Å². The van der Waals surface area contributed by atoms with Crippen LogP contribution in [0.1, 0.15) is 46.0 Å². The number of hydrogen-bond donors (Lipinski definition) is 1. The summed E-state index contributed by atoms with van der Waals surface area (Å²) in [4.78, 5) is 2.39. The van der Waals surface area contributed by atoms with Crippen molar-refractivity contribution in [3.63, 3.8) is 0 Å². The summed E-state index contributed by atoms with van der Waals surface area (Å²) in [6.07, 6.45) is 6.90. The summed E-state index contributed by atoms with van der Waals surface area (Å²) in [5.41, 5.74) is 0. The zero-order chi connectivity index (χ0) is 12.5. The Kier molecular flexibility index (Phi) is 7.82. The maximum absolute atomic E-state index is 6.24. The molecule has 0 spiro atoms. The summed E-state index contributed by atoms with van der Waals surface area (Å²) in [5.74, 6) is 0. The minimum Gasteiger partial charge on any atom is -0.374 e. The summed E-state index contributed by atoms with van der Waals surface area (Å²) < 4.78 is 6.24. The molecule has 3 heteroatoms. The van der Waals surface area contributed by atoms with Gasteiger partial charge in [-0.3, -0.25) is 0 Å². The Morgan fingerprint density at radius 2 is 1.94 bits per heavy atom. The molecule has 0 amide bonds. The van der Waals surface area contributed by atoms with Crippen molar-refractivity contribution in [2.75, 3.05) is 33.2 Å². The van der Waals surface area contributed by atoms with E-state index >= 15 is 0 Å². The van der Waals surface area contributed by atoms with E-state index < -0.39 is 0 Å². The number of rotatable bonds is 8. The highest BCUT2D eigenvalue weighted by Gasteiger charge is 2.20. The van der Waals surface area contributed by atoms with Gasteiger partial charge in [0.05, 0.1) is 12.2 Å². The number of ether oxygens (including phenoxy) is 1. The fraction of sp³-hybridized carbons (Fsp3) is 1.00. The van der Waals surface area contributed by atoms with Crippen molar-refractivity contribution in [2.24, 2.45) is 0 Å². The highest BCUT2D eigenvalue weighted by molar-refractivity contribution is 4.73. The molecule has 1 atom stereocenters. The number of nitrogens with zero attached hydrogens (tertiary/aromatic N) is 1. The zero-order valence-corrected chi connectivity index (χ0v) is 11.9. The topological polar surface area (TPSA) is 24.5 Å². The summed E-state index contributed by atoms with van der Waals surface area (Å²) in [6.45, 7) is 8.95. The fourth-order valence-corrected chi connectivity index (χ4v) is 2.37. The largest absolute Gasteiger partial charge is 0.374 e. The summed E-state index contributed by atoms with van der Waals surface area (Å²) in [6, 6.07) is 0. The molecule has 0 aromatic rings. The molecule has 0 saturated carbocycles. The molecule has 3 nitrogen and oxygen atoms in total. The molecule has 0 aromatic carbocycles. The molecule has 1 fully saturated rings. The number of nitrogens with one attached hydrogen (secondary N) is 1. The summed E-state index contributed by atoms with van der Waals surface area (Å²) >= 11 is 0. The van der Waals surface area contributed by atoms with Crippen LogP contribution in [-0.4, -0.2) is 50.3 Å². The number of piperidine rings is 1. The number of likely N-dealkylation sites (tertiary alicyclic amines) is 1. The van der Waals surface area contributed by atoms with Gasteiger partial charge in [0.2, 0.25) is 0 Å². The normalized spacial score (nSPS) is 20.6. The first-order chi connectivity index (χ1) is 8.26. The van der Waals surface area contributed by atoms with E-state index in [2.05, 4.69) is 31.1 Å². The Labute approximate surface area is 107 Å². The molecule has 0 bridgehead atoms. The molecule has 0 aliphatic carbocycles. The quantitative estimate of drug-likeness (QED) is 0.661. The first-order valence-electron chi connectivity index (χ1n) is 7.31. The van der Waals surface area contributed by atoms with E-state index in [0.717, 1.165) is 13.1 Å². The van der Waals surface area contributed by atoms with E-state index in [-0.39, 0.29) is 0 Å². The molecule has 1 unspecified atom stereocenters. The van der Waals surface area contributed by atoms with Gasteiger partial charge in [-0.2, -0.15) is 0 Å². The molecule has 1 saturated heterocycles. The van der Waals surface area contributed by atoms with E-state index in [1.807, 2.05) is 0 Å². The van der Waals surface area contributed by atoms with Gasteiger partial charge in [0.15, 0.2) is 0 Å². The molecule has 1 aliphatic heterocycles. The molecule has 0 radical (unpaired) electrons. The second-order valence-corrected chi connectivity index (χ2v) is 5.25. The third-order valence-electron chi connectivity index (χ3n) is 3.46. The van der Waals surface area contributed by atoms with Gasteiger partial charge in [-0.05, 0) is 39.3 Å². The van der Waals surface area contributed by atoms with Crippen LogP contribution < -0.4 is 5.32 Å². The smallest absolute Gasteiger partial charge is 0.0703 e. The molecule has 0 aromatic heterocycles. The van der Waals surface area contributed by atoms with Crippen LogP contribution in [0.25, 0.3) is 0 Å². The van der Waals surface area contributed by atoms with E-state index in [1.54, 1.807) is 0 Å². The highest BCUT2D eigenvalue weighted by atomic mass is 16.5. The van der Waals surface area contributed by atoms with E-state index in [9.17, 15) is 0 Å². The predicted octanol–water partition coefficient (Wildman–Crippen LogP) is 2.27. The van der Waals surface area contributed by atoms with Crippen molar-refractivity contribution in [1.82, 2.24) is 10.2 Å². The Hall–Kier alpha value is -0.120. The summed E-state index contributed by atoms with van der Waals surface area (Å²) in [7, 11) is 2.20. The van der Waals surface area contributed by atoms with Crippen LogP contribution in [0.4, 0.5) is 0 Å². The Bertz CT molecular complexity index is 179. The van der Waals surface area contributed by atoms with Crippen LogP contribution in [0.3, 0.4) is 0 Å². The monoisotopic (exact) mass is 242 g/mol. The lowest BCUT2D eigenvalue weighted by molar-refractivity contribution is -0.0418. The predicted molar refractivity (Wildman–Crippen MR) is 73.5 cm³/mol. The van der Waals surface area contributed by atoms with Crippen LogP contribution in [0.5, 0.6) is 0 Å². The molecule has 1 rings (SSSR count). The van der Waals surface area contributed by atoms with Crippen LogP contribution in [-0.2, 0) is 4.74 Å². The van der Waals surface area contributed by atoms with Gasteiger partial charge in [0, 0.05) is 19.6 Å². The van der Waals surface area contributed by atoms with Gasteiger partial charge in [0.25, 0.3) is 0 Å². The standard InChI is InChI=1S/C14H30N2O/c1-4-6-14(12-15-9-5-2)17-13-7-10-16(3)11-8-13/h13-15H,4-12H2,1-3H3. The lowest BCUT2D eigenvalue weighted by atomic mass is 10.1. The highest BCUT2D eigenvalue weighted by Crippen LogP contribution is 2.15. The first kappa shape index (κ1) is 14.9. The Morgan fingerprint density at radius 3 is 2.53 bits per heavy atom. The number of hydrogen-bond acceptors (Lipinski definition) is 3. The Balaban J connectivity index is 2.22. The second kappa shape index (κ2) is 8.90. The minimum absolute atomic E-state index is 0.417. The van der Waals surface area contributed by atoms with Gasteiger partial charge in [-0.25, -0.2) is 0 Å². The third-order valence-corrected chi connectivity index (χ3v) is 3.46. The van der Waals surface area contributed by atoms with Gasteiger partial charge in [-0.1, -0.05) is 20.3 Å². The van der Waals surface area contributed by atoms with Crippen molar-refractivity contribution in [3.05, 3.63) is 0 Å². The molecule has 17 heavy (non-hydrogen) atoms. The average molecular weight is 242 g/mol. The van der Waals surface area contributed by atoms with Crippen molar-refractivity contribution in [2.45, 2.75) is 58.2 Å². The van der Waals surface area contributed by atoms with Crippen LogP contribution in [0.2, 0.25) is 0 Å². The van der Waals surface area contributed by atoms with Crippen molar-refractivity contribution >= 4 is 0 Å². The lowest BCUT2D eigenvalue weighted by Gasteiger charge is -2.32. The molecule has 1 heterocycles. The van der Waals surface area contributed by atoms with Crippen molar-refractivity contribution in [3.8, 4) is 0 Å². The molecule has 1 N–H and O–H groups in total. The average Bonchev–Trinajstić information content (AvgIpc) is 2.32. The van der Waals surface area contributed by atoms with E-state index in [4.69, 9.17) is 4.74 Å². The second-order valence-electron chi connectivity index (χ2n) is 5.25. The minimum atomic E-state index is 0.417. The Morgan fingerprint density at radius 1 is 1.24 bits per heavy atom. The maximum Gasteiger partial charge on any atom is 0.0703 e. The van der Waals surface area contributed by atoms with Crippen LogP contribution in [0.15, 0.2) is 0 Å². The van der Waals surface area contributed by atoms with E-state index in [0.29, 0.717) is 12.2 Å². The summed E-state index contributed by atoms with van der Waals surface area (Å²) in [5, 5.41) is 3.48. The van der Waals surface area contributed by atoms with Crippen molar-refractivity contribution < 1.29 is 4.74 Å². The van der Waals surface area contributed by atoms with Gasteiger partial charge in [-0.15, -0.1) is 0 Å². The molecule has 102 valence electrons. The lowest BCUT2D eigenvalue weighted by Crippen LogP contribution is -2.39. The van der Waals surface area contributed by atoms with Crippen LogP contribution in [0, 0.1) is 0 Å². The van der Waals surface area contributed by atoms with Crippen LogP contribution >= 0.6 is 0 Å². The third kappa shape index (κ3) is 6.39. The molecular formula is C14H30N2O. The maximum atomic E-state index is 6.24. The molecular weight excluding hydrogens is 212 g/mol. The fourth-order valence-electron chi connectivity index (χ4n) is 2.37. The zero-order valence-electron chi connectivity index (χ0n) is 11.9. The van der Waals surface area contributed by atoms with Gasteiger partial charge >= 0.3 is 0 Å². The first-order valence-corrected chi connectivity index (χ1v) is 7.31.